The number of nitrogens with zero attached hydrogens (tertiary/aromatic N) is 2. The molecule has 0 saturated heterocycles. The lowest BCUT2D eigenvalue weighted by molar-refractivity contribution is -0.154. The van der Waals surface area contributed by atoms with Crippen LogP contribution < -0.4 is 5.32 Å². The standard InChI is InChI=1S/C25H27BrF3N3O3/c1-24(2,3)35-22(33)11-13-30-23(34)17-6-4-16(5-7-17)21(10-12-25(27,28)29)32-20-9-8-19(26)14-18(20)15-31-32/h4-9,14-15,21H,10-13H2,1-3H3,(H,30,34). The molecule has 1 heterocycles. The van der Waals surface area contributed by atoms with Crippen molar-refractivity contribution in [3.8, 4) is 0 Å². The molecule has 3 aromatic rings. The fourth-order valence-electron chi connectivity index (χ4n) is 3.63. The fraction of sp³-hybridized carbons (Fsp3) is 0.400. The zero-order valence-electron chi connectivity index (χ0n) is 19.7. The number of fused-ring (bicyclic) bond motifs is 1. The summed E-state index contributed by atoms with van der Waals surface area (Å²) in [7, 11) is 0. The summed E-state index contributed by atoms with van der Waals surface area (Å²) >= 11 is 3.39. The van der Waals surface area contributed by atoms with Gasteiger partial charge in [0.15, 0.2) is 0 Å². The number of benzene rings is 2. The molecule has 0 bridgehead atoms. The molecule has 188 valence electrons. The molecule has 1 N–H and O–H groups in total. The van der Waals surface area contributed by atoms with Crippen LogP contribution in [0.5, 0.6) is 0 Å². The van der Waals surface area contributed by atoms with Crippen molar-refractivity contribution in [2.75, 3.05) is 6.54 Å². The first kappa shape index (κ1) is 26.7. The number of amides is 1. The minimum Gasteiger partial charge on any atom is -0.460 e. The van der Waals surface area contributed by atoms with Gasteiger partial charge in [0, 0.05) is 28.4 Å². The maximum Gasteiger partial charge on any atom is 0.389 e. The third-order valence-electron chi connectivity index (χ3n) is 5.15. The second-order valence-corrected chi connectivity index (χ2v) is 10.1. The average Bonchev–Trinajstić information content (AvgIpc) is 3.15. The predicted octanol–water partition coefficient (Wildman–Crippen LogP) is 6.19. The first-order valence-electron chi connectivity index (χ1n) is 11.1. The molecule has 1 unspecified atom stereocenters. The maximum absolute atomic E-state index is 13.1. The highest BCUT2D eigenvalue weighted by atomic mass is 79.9. The van der Waals surface area contributed by atoms with Crippen molar-refractivity contribution in [3.05, 3.63) is 64.3 Å². The van der Waals surface area contributed by atoms with Crippen molar-refractivity contribution >= 4 is 38.7 Å². The van der Waals surface area contributed by atoms with E-state index in [1.54, 1.807) is 62.0 Å². The summed E-state index contributed by atoms with van der Waals surface area (Å²) in [5.74, 6) is -0.805. The number of carbonyl (C=O) groups excluding carboxylic acids is 2. The van der Waals surface area contributed by atoms with E-state index in [1.165, 1.54) is 0 Å². The number of hydrogen-bond donors (Lipinski definition) is 1. The second kappa shape index (κ2) is 10.8. The molecule has 3 rings (SSSR count). The lowest BCUT2D eigenvalue weighted by Crippen LogP contribution is -2.29. The van der Waals surface area contributed by atoms with Gasteiger partial charge in [-0.1, -0.05) is 28.1 Å². The van der Waals surface area contributed by atoms with Crippen LogP contribution in [-0.4, -0.2) is 40.0 Å². The van der Waals surface area contributed by atoms with Crippen molar-refractivity contribution in [1.82, 2.24) is 15.1 Å². The van der Waals surface area contributed by atoms with Crippen LogP contribution in [0.15, 0.2) is 53.1 Å². The molecule has 0 aliphatic heterocycles. The van der Waals surface area contributed by atoms with Gasteiger partial charge < -0.3 is 10.1 Å². The van der Waals surface area contributed by atoms with E-state index in [1.807, 2.05) is 12.1 Å². The summed E-state index contributed by atoms with van der Waals surface area (Å²) in [6.45, 7) is 5.40. The van der Waals surface area contributed by atoms with Crippen LogP contribution in [0.2, 0.25) is 0 Å². The van der Waals surface area contributed by atoms with Crippen LogP contribution in [0.1, 0.15) is 62.0 Å². The Morgan fingerprint density at radius 2 is 1.80 bits per heavy atom. The van der Waals surface area contributed by atoms with E-state index in [-0.39, 0.29) is 25.3 Å². The van der Waals surface area contributed by atoms with E-state index in [9.17, 15) is 22.8 Å². The predicted molar refractivity (Wildman–Crippen MR) is 130 cm³/mol. The van der Waals surface area contributed by atoms with Gasteiger partial charge in [-0.15, -0.1) is 0 Å². The molecule has 0 fully saturated rings. The number of halogens is 4. The molecular formula is C25H27BrF3N3O3. The van der Waals surface area contributed by atoms with E-state index in [4.69, 9.17) is 4.74 Å². The molecule has 10 heteroatoms. The van der Waals surface area contributed by atoms with Crippen LogP contribution in [0, 0.1) is 0 Å². The van der Waals surface area contributed by atoms with Crippen LogP contribution in [0.3, 0.4) is 0 Å². The van der Waals surface area contributed by atoms with Crippen LogP contribution >= 0.6 is 15.9 Å². The number of rotatable bonds is 8. The molecule has 1 amide bonds. The van der Waals surface area contributed by atoms with Gasteiger partial charge in [-0.2, -0.15) is 18.3 Å². The Labute approximate surface area is 210 Å². The van der Waals surface area contributed by atoms with Crippen molar-refractivity contribution in [3.63, 3.8) is 0 Å². The summed E-state index contributed by atoms with van der Waals surface area (Å²) in [5.41, 5.74) is 1.05. The van der Waals surface area contributed by atoms with Crippen molar-refractivity contribution < 1.29 is 27.5 Å². The molecule has 0 spiro atoms. The van der Waals surface area contributed by atoms with E-state index >= 15 is 0 Å². The fourth-order valence-corrected chi connectivity index (χ4v) is 4.01. The van der Waals surface area contributed by atoms with Crippen molar-refractivity contribution in [2.45, 2.75) is 57.9 Å². The van der Waals surface area contributed by atoms with E-state index in [0.29, 0.717) is 16.6 Å². The second-order valence-electron chi connectivity index (χ2n) is 9.18. The lowest BCUT2D eigenvalue weighted by Gasteiger charge is -2.20. The Bertz CT molecular complexity index is 1180. The Balaban J connectivity index is 1.74. The molecule has 6 nitrogen and oxygen atoms in total. The summed E-state index contributed by atoms with van der Waals surface area (Å²) < 4.78 is 46.8. The molecule has 2 aromatic carbocycles. The largest absolute Gasteiger partial charge is 0.460 e. The molecule has 0 aliphatic carbocycles. The Morgan fingerprint density at radius 1 is 1.11 bits per heavy atom. The van der Waals surface area contributed by atoms with Crippen molar-refractivity contribution in [1.29, 1.82) is 0 Å². The number of carbonyl (C=O) groups is 2. The maximum atomic E-state index is 13.1. The minimum atomic E-state index is -4.31. The SMILES string of the molecule is CC(C)(C)OC(=O)CCNC(=O)c1ccc(C(CCC(F)(F)F)n2ncc3cc(Br)ccc32)cc1. The number of hydrogen-bond acceptors (Lipinski definition) is 4. The lowest BCUT2D eigenvalue weighted by atomic mass is 10.00. The van der Waals surface area contributed by atoms with Gasteiger partial charge in [0.05, 0.1) is 24.2 Å². The minimum absolute atomic E-state index is 0.0309. The van der Waals surface area contributed by atoms with Gasteiger partial charge in [0.1, 0.15) is 5.60 Å². The summed E-state index contributed by atoms with van der Waals surface area (Å²) in [6, 6.07) is 11.2. The van der Waals surface area contributed by atoms with E-state index in [2.05, 4.69) is 26.3 Å². The third-order valence-corrected chi connectivity index (χ3v) is 5.64. The number of ether oxygens (including phenoxy) is 1. The number of alkyl halides is 3. The smallest absolute Gasteiger partial charge is 0.389 e. The average molecular weight is 554 g/mol. The van der Waals surface area contributed by atoms with Gasteiger partial charge >= 0.3 is 12.1 Å². The van der Waals surface area contributed by atoms with Crippen LogP contribution in [-0.2, 0) is 9.53 Å². The topological polar surface area (TPSA) is 73.2 Å². The molecule has 0 saturated carbocycles. The zero-order valence-corrected chi connectivity index (χ0v) is 21.2. The monoisotopic (exact) mass is 553 g/mol. The van der Waals surface area contributed by atoms with Gasteiger partial charge in [0.2, 0.25) is 0 Å². The number of aromatic nitrogens is 2. The zero-order chi connectivity index (χ0) is 25.8. The van der Waals surface area contributed by atoms with Gasteiger partial charge in [0.25, 0.3) is 5.91 Å². The Kier molecular flexibility index (Phi) is 8.25. The van der Waals surface area contributed by atoms with Crippen molar-refractivity contribution in [2.24, 2.45) is 0 Å². The van der Waals surface area contributed by atoms with Crippen LogP contribution in [0.25, 0.3) is 10.9 Å². The number of esters is 1. The molecule has 0 radical (unpaired) electrons. The Morgan fingerprint density at radius 3 is 2.43 bits per heavy atom. The molecule has 1 atom stereocenters. The molecular weight excluding hydrogens is 527 g/mol. The molecule has 1 aromatic heterocycles. The van der Waals surface area contributed by atoms with Gasteiger partial charge in [-0.3, -0.25) is 14.3 Å². The normalized spacial score (nSPS) is 13.0. The first-order chi connectivity index (χ1) is 16.3. The quantitative estimate of drug-likeness (QED) is 0.337. The van der Waals surface area contributed by atoms with E-state index in [0.717, 1.165) is 9.86 Å². The van der Waals surface area contributed by atoms with Gasteiger partial charge in [-0.05, 0) is 63.1 Å². The highest BCUT2D eigenvalue weighted by molar-refractivity contribution is 9.10. The summed E-state index contributed by atoms with van der Waals surface area (Å²) in [6.07, 6.45) is -3.82. The van der Waals surface area contributed by atoms with E-state index < -0.39 is 30.2 Å². The third kappa shape index (κ3) is 7.81. The molecule has 35 heavy (non-hydrogen) atoms. The van der Waals surface area contributed by atoms with Gasteiger partial charge in [-0.25, -0.2) is 0 Å². The summed E-state index contributed by atoms with van der Waals surface area (Å²) in [4.78, 5) is 24.2. The Hall–Kier alpha value is -2.88. The molecule has 0 aliphatic rings. The highest BCUT2D eigenvalue weighted by Crippen LogP contribution is 2.32. The summed E-state index contributed by atoms with van der Waals surface area (Å²) in [5, 5.41) is 7.82. The van der Waals surface area contributed by atoms with Crippen LogP contribution in [0.4, 0.5) is 13.2 Å². The number of nitrogens with one attached hydrogen (secondary N) is 1. The highest BCUT2D eigenvalue weighted by Gasteiger charge is 2.30. The first-order valence-corrected chi connectivity index (χ1v) is 11.9.